The van der Waals surface area contributed by atoms with Gasteiger partial charge in [0.15, 0.2) is 5.78 Å². The number of Topliss-reactive ketones (excluding diaryl/α,β-unsaturated/α-hetero) is 1. The summed E-state index contributed by atoms with van der Waals surface area (Å²) >= 11 is 0. The predicted molar refractivity (Wildman–Crippen MR) is 50.8 cm³/mol. The van der Waals surface area contributed by atoms with E-state index in [4.69, 9.17) is 5.84 Å². The zero-order valence-electron chi connectivity index (χ0n) is 7.50. The largest absolute Gasteiger partial charge is 0.293 e. The molecule has 0 bridgehead atoms. The van der Waals surface area contributed by atoms with E-state index >= 15 is 0 Å². The first-order valence-corrected chi connectivity index (χ1v) is 4.02. The molecule has 0 spiro atoms. The van der Waals surface area contributed by atoms with Gasteiger partial charge in [-0.15, -0.1) is 0 Å². The number of hydrogen-bond donors (Lipinski definition) is 3. The minimum atomic E-state index is 0.0120. The summed E-state index contributed by atoms with van der Waals surface area (Å²) in [7, 11) is 0. The Labute approximate surface area is 77.1 Å². The maximum Gasteiger partial charge on any atom is 0.178 e. The first-order chi connectivity index (χ1) is 6.24. The van der Waals surface area contributed by atoms with Crippen LogP contribution in [0.2, 0.25) is 0 Å². The van der Waals surface area contributed by atoms with Crippen molar-refractivity contribution in [1.82, 2.24) is 11.0 Å². The number of aryl methyl sites for hydroxylation is 1. The zero-order chi connectivity index (χ0) is 9.68. The first kappa shape index (κ1) is 9.85. The van der Waals surface area contributed by atoms with Crippen molar-refractivity contribution in [2.24, 2.45) is 5.84 Å². The number of nitrogens with two attached hydrogens (primary N) is 1. The Morgan fingerprint density at radius 3 is 2.54 bits per heavy atom. The number of carbonyl (C=O) groups excluding carboxylic acids is 1. The molecule has 0 aliphatic heterocycles. The van der Waals surface area contributed by atoms with Gasteiger partial charge in [-0.1, -0.05) is 29.8 Å². The lowest BCUT2D eigenvalue weighted by Gasteiger charge is -2.02. The predicted octanol–water partition coefficient (Wildman–Crippen LogP) is 0.146. The molecule has 0 aliphatic rings. The van der Waals surface area contributed by atoms with Gasteiger partial charge in [0.05, 0.1) is 6.54 Å². The van der Waals surface area contributed by atoms with Crippen LogP contribution in [0.1, 0.15) is 15.9 Å². The number of rotatable bonds is 4. The molecule has 0 fully saturated rings. The third-order valence-electron chi connectivity index (χ3n) is 1.72. The van der Waals surface area contributed by atoms with E-state index in [2.05, 4.69) is 11.0 Å². The molecular formula is C9H13N3O. The van der Waals surface area contributed by atoms with Crippen LogP contribution in [0.4, 0.5) is 0 Å². The van der Waals surface area contributed by atoms with Crippen molar-refractivity contribution in [3.05, 3.63) is 35.4 Å². The fourth-order valence-electron chi connectivity index (χ4n) is 0.973. The topological polar surface area (TPSA) is 67.2 Å². The fourth-order valence-corrected chi connectivity index (χ4v) is 0.973. The Balaban J connectivity index is 2.61. The third kappa shape index (κ3) is 2.95. The molecule has 4 N–H and O–H groups in total. The average Bonchev–Trinajstić information content (AvgIpc) is 2.15. The Hall–Kier alpha value is -1.23. The van der Waals surface area contributed by atoms with Gasteiger partial charge in [-0.05, 0) is 6.92 Å². The highest BCUT2D eigenvalue weighted by molar-refractivity contribution is 5.97. The van der Waals surface area contributed by atoms with Crippen LogP contribution in [0.15, 0.2) is 24.3 Å². The van der Waals surface area contributed by atoms with Crippen LogP contribution in [0.3, 0.4) is 0 Å². The van der Waals surface area contributed by atoms with Crippen LogP contribution in [0.5, 0.6) is 0 Å². The summed E-state index contributed by atoms with van der Waals surface area (Å²) in [5.74, 6) is 4.98. The highest BCUT2D eigenvalue weighted by Gasteiger charge is 2.03. The van der Waals surface area contributed by atoms with Crippen LogP contribution >= 0.6 is 0 Å². The van der Waals surface area contributed by atoms with Crippen molar-refractivity contribution in [2.45, 2.75) is 6.92 Å². The van der Waals surface area contributed by atoms with Crippen molar-refractivity contribution >= 4 is 5.78 Å². The molecule has 13 heavy (non-hydrogen) atoms. The summed E-state index contributed by atoms with van der Waals surface area (Å²) in [5, 5.41) is 0. The van der Waals surface area contributed by atoms with Gasteiger partial charge >= 0.3 is 0 Å². The van der Waals surface area contributed by atoms with E-state index < -0.39 is 0 Å². The molecule has 1 aromatic rings. The van der Waals surface area contributed by atoms with Gasteiger partial charge in [0.2, 0.25) is 0 Å². The quantitative estimate of drug-likeness (QED) is 0.349. The molecule has 4 heteroatoms. The highest BCUT2D eigenvalue weighted by Crippen LogP contribution is 2.03. The summed E-state index contributed by atoms with van der Waals surface area (Å²) in [6, 6.07) is 7.41. The minimum Gasteiger partial charge on any atom is -0.293 e. The van der Waals surface area contributed by atoms with E-state index in [0.29, 0.717) is 5.56 Å². The van der Waals surface area contributed by atoms with E-state index in [1.165, 1.54) is 0 Å². The number of ketones is 1. The number of nitrogens with one attached hydrogen (secondary N) is 2. The molecule has 1 rings (SSSR count). The highest BCUT2D eigenvalue weighted by atomic mass is 16.1. The van der Waals surface area contributed by atoms with Crippen LogP contribution in [0.25, 0.3) is 0 Å². The van der Waals surface area contributed by atoms with Gasteiger partial charge in [0.25, 0.3) is 0 Å². The lowest BCUT2D eigenvalue weighted by molar-refractivity contribution is 0.0986. The van der Waals surface area contributed by atoms with Crippen LogP contribution in [-0.2, 0) is 0 Å². The molecule has 0 radical (unpaired) electrons. The van der Waals surface area contributed by atoms with Gasteiger partial charge < -0.3 is 0 Å². The molecule has 0 heterocycles. The minimum absolute atomic E-state index is 0.0120. The number of carbonyl (C=O) groups is 1. The van der Waals surface area contributed by atoms with Crippen LogP contribution < -0.4 is 16.8 Å². The van der Waals surface area contributed by atoms with Gasteiger partial charge in [0.1, 0.15) is 0 Å². The second-order valence-corrected chi connectivity index (χ2v) is 2.79. The third-order valence-corrected chi connectivity index (χ3v) is 1.72. The second-order valence-electron chi connectivity index (χ2n) is 2.79. The maximum absolute atomic E-state index is 11.4. The summed E-state index contributed by atoms with van der Waals surface area (Å²) in [6.45, 7) is 2.17. The molecule has 0 aromatic heterocycles. The molecule has 0 aliphatic carbocycles. The van der Waals surface area contributed by atoms with Crippen molar-refractivity contribution in [3.63, 3.8) is 0 Å². The average molecular weight is 179 g/mol. The van der Waals surface area contributed by atoms with Crippen molar-refractivity contribution in [1.29, 1.82) is 0 Å². The van der Waals surface area contributed by atoms with Crippen molar-refractivity contribution in [3.8, 4) is 0 Å². The number of hydrazine groups is 2. The second kappa shape index (κ2) is 4.71. The van der Waals surface area contributed by atoms with Crippen LogP contribution in [-0.4, -0.2) is 12.3 Å². The number of hydrogen-bond acceptors (Lipinski definition) is 4. The molecule has 0 saturated carbocycles. The first-order valence-electron chi connectivity index (χ1n) is 4.02. The number of benzene rings is 1. The van der Waals surface area contributed by atoms with Crippen LogP contribution in [0, 0.1) is 6.92 Å². The Kier molecular flexibility index (Phi) is 3.57. The van der Waals surface area contributed by atoms with Gasteiger partial charge in [-0.3, -0.25) is 10.6 Å². The maximum atomic E-state index is 11.4. The summed E-state index contributed by atoms with van der Waals surface area (Å²) in [5.41, 5.74) is 6.58. The molecule has 1 aromatic carbocycles. The van der Waals surface area contributed by atoms with E-state index in [0.717, 1.165) is 5.56 Å². The Morgan fingerprint density at radius 2 is 2.00 bits per heavy atom. The zero-order valence-corrected chi connectivity index (χ0v) is 7.50. The molecular weight excluding hydrogens is 166 g/mol. The Morgan fingerprint density at radius 1 is 1.38 bits per heavy atom. The summed E-state index contributed by atoms with van der Waals surface area (Å²) in [6.07, 6.45) is 0. The monoisotopic (exact) mass is 179 g/mol. The molecule has 0 saturated heterocycles. The van der Waals surface area contributed by atoms with Gasteiger partial charge in [0, 0.05) is 5.56 Å². The normalized spacial score (nSPS) is 10.0. The molecule has 0 unspecified atom stereocenters. The molecule has 70 valence electrons. The van der Waals surface area contributed by atoms with Gasteiger partial charge in [-0.2, -0.15) is 5.53 Å². The lowest BCUT2D eigenvalue weighted by Crippen LogP contribution is -2.40. The summed E-state index contributed by atoms with van der Waals surface area (Å²) in [4.78, 5) is 11.4. The van der Waals surface area contributed by atoms with Gasteiger partial charge in [-0.25, -0.2) is 5.43 Å². The van der Waals surface area contributed by atoms with E-state index in [-0.39, 0.29) is 12.3 Å². The van der Waals surface area contributed by atoms with Crippen molar-refractivity contribution < 1.29 is 4.79 Å². The Bertz CT molecular complexity index is 281. The fraction of sp³-hybridized carbons (Fsp3) is 0.222. The van der Waals surface area contributed by atoms with E-state index in [1.54, 1.807) is 12.1 Å². The standard InChI is InChI=1S/C9H13N3O/c1-7-2-4-8(5-3-7)9(13)6-11-12-10/h2-5,11-12H,6,10H2,1H3. The molecule has 0 amide bonds. The lowest BCUT2D eigenvalue weighted by atomic mass is 10.1. The van der Waals surface area contributed by atoms with E-state index in [9.17, 15) is 4.79 Å². The summed E-state index contributed by atoms with van der Waals surface area (Å²) < 4.78 is 0. The SMILES string of the molecule is Cc1ccc(C(=O)CNNN)cc1. The van der Waals surface area contributed by atoms with Crippen molar-refractivity contribution in [2.75, 3.05) is 6.54 Å². The molecule has 0 atom stereocenters. The molecule has 4 nitrogen and oxygen atoms in total. The van der Waals surface area contributed by atoms with E-state index in [1.807, 2.05) is 19.1 Å². The smallest absolute Gasteiger partial charge is 0.178 e.